The van der Waals surface area contributed by atoms with Gasteiger partial charge >= 0.3 is 0 Å². The molecule has 1 amide bonds. The van der Waals surface area contributed by atoms with Crippen molar-refractivity contribution in [2.45, 2.75) is 39.2 Å². The Labute approximate surface area is 111 Å². The van der Waals surface area contributed by atoms with Crippen molar-refractivity contribution in [3.63, 3.8) is 0 Å². The first-order valence-corrected chi connectivity index (χ1v) is 7.24. The fourth-order valence-corrected chi connectivity index (χ4v) is 2.94. The van der Waals surface area contributed by atoms with Crippen molar-refractivity contribution in [2.24, 2.45) is 11.8 Å². The Bertz CT molecular complexity index is 420. The van der Waals surface area contributed by atoms with E-state index in [1.807, 2.05) is 0 Å². The summed E-state index contributed by atoms with van der Waals surface area (Å²) in [5, 5.41) is 14.8. The second-order valence-electron chi connectivity index (χ2n) is 5.10. The van der Waals surface area contributed by atoms with Crippen LogP contribution in [0.4, 0.5) is 5.13 Å². The van der Waals surface area contributed by atoms with Gasteiger partial charge in [0.25, 0.3) is 5.91 Å². The molecule has 0 aliphatic heterocycles. The Morgan fingerprint density at radius 2 is 2.06 bits per heavy atom. The van der Waals surface area contributed by atoms with Crippen LogP contribution in [0, 0.1) is 11.8 Å². The minimum Gasteiger partial charge on any atom is -0.363 e. The van der Waals surface area contributed by atoms with Crippen LogP contribution in [0.5, 0.6) is 0 Å². The van der Waals surface area contributed by atoms with E-state index in [1.165, 1.54) is 17.8 Å². The van der Waals surface area contributed by atoms with Crippen LogP contribution < -0.4 is 10.6 Å². The van der Waals surface area contributed by atoms with E-state index < -0.39 is 0 Å². The molecule has 1 aliphatic carbocycles. The fourth-order valence-electron chi connectivity index (χ4n) is 2.34. The van der Waals surface area contributed by atoms with E-state index in [9.17, 15) is 4.79 Å². The number of rotatable bonds is 3. The van der Waals surface area contributed by atoms with Crippen molar-refractivity contribution in [2.75, 3.05) is 12.4 Å². The predicted molar refractivity (Wildman–Crippen MR) is 72.9 cm³/mol. The van der Waals surface area contributed by atoms with Crippen LogP contribution in [0.1, 0.15) is 42.9 Å². The van der Waals surface area contributed by atoms with Gasteiger partial charge in [0.05, 0.1) is 0 Å². The second-order valence-corrected chi connectivity index (χ2v) is 6.08. The van der Waals surface area contributed by atoms with E-state index in [-0.39, 0.29) is 11.9 Å². The average Bonchev–Trinajstić information content (AvgIpc) is 2.82. The Morgan fingerprint density at radius 1 is 1.28 bits per heavy atom. The van der Waals surface area contributed by atoms with Crippen LogP contribution >= 0.6 is 11.3 Å². The monoisotopic (exact) mass is 268 g/mol. The van der Waals surface area contributed by atoms with Crippen LogP contribution in [0.3, 0.4) is 0 Å². The van der Waals surface area contributed by atoms with Crippen LogP contribution in [0.25, 0.3) is 0 Å². The van der Waals surface area contributed by atoms with Crippen LogP contribution in [-0.2, 0) is 0 Å². The first kappa shape index (κ1) is 13.3. The van der Waals surface area contributed by atoms with E-state index in [1.54, 1.807) is 7.05 Å². The molecule has 0 radical (unpaired) electrons. The summed E-state index contributed by atoms with van der Waals surface area (Å²) < 4.78 is 0. The quantitative estimate of drug-likeness (QED) is 0.881. The molecule has 3 unspecified atom stereocenters. The van der Waals surface area contributed by atoms with Crippen molar-refractivity contribution < 1.29 is 4.79 Å². The summed E-state index contributed by atoms with van der Waals surface area (Å²) in [4.78, 5) is 12.0. The zero-order chi connectivity index (χ0) is 13.1. The molecule has 1 fully saturated rings. The maximum absolute atomic E-state index is 12.0. The lowest BCUT2D eigenvalue weighted by molar-refractivity contribution is 0.0909. The molecule has 1 aromatic rings. The highest BCUT2D eigenvalue weighted by Gasteiger charge is 2.26. The molecule has 0 bridgehead atoms. The largest absolute Gasteiger partial charge is 0.363 e. The molecule has 1 saturated carbocycles. The summed E-state index contributed by atoms with van der Waals surface area (Å²) >= 11 is 1.29. The van der Waals surface area contributed by atoms with Gasteiger partial charge in [0.1, 0.15) is 0 Å². The third-order valence-electron chi connectivity index (χ3n) is 3.77. The minimum atomic E-state index is -0.0965. The highest BCUT2D eigenvalue weighted by molar-refractivity contribution is 7.17. The van der Waals surface area contributed by atoms with Gasteiger partial charge < -0.3 is 10.6 Å². The zero-order valence-electron chi connectivity index (χ0n) is 11.1. The maximum Gasteiger partial charge on any atom is 0.282 e. The summed E-state index contributed by atoms with van der Waals surface area (Å²) in [7, 11) is 1.77. The number of nitrogens with zero attached hydrogens (tertiary/aromatic N) is 2. The molecular formula is C12H20N4OS. The van der Waals surface area contributed by atoms with E-state index in [0.717, 1.165) is 18.8 Å². The molecule has 1 heterocycles. The minimum absolute atomic E-state index is 0.0965. The number of anilines is 1. The Kier molecular flexibility index (Phi) is 4.16. The Balaban J connectivity index is 1.91. The van der Waals surface area contributed by atoms with Gasteiger partial charge in [-0.2, -0.15) is 0 Å². The molecule has 5 nitrogen and oxygen atoms in total. The van der Waals surface area contributed by atoms with Gasteiger partial charge in [-0.3, -0.25) is 4.79 Å². The lowest BCUT2D eigenvalue weighted by Crippen LogP contribution is -2.39. The molecule has 1 aliphatic rings. The van der Waals surface area contributed by atoms with Gasteiger partial charge in [-0.1, -0.05) is 25.2 Å². The summed E-state index contributed by atoms with van der Waals surface area (Å²) in [6, 6.07) is 0.283. The van der Waals surface area contributed by atoms with Crippen molar-refractivity contribution in [1.29, 1.82) is 0 Å². The van der Waals surface area contributed by atoms with Crippen molar-refractivity contribution in [3.05, 3.63) is 5.01 Å². The molecule has 3 atom stereocenters. The zero-order valence-corrected chi connectivity index (χ0v) is 11.9. The van der Waals surface area contributed by atoms with E-state index >= 15 is 0 Å². The molecule has 0 aromatic carbocycles. The molecular weight excluding hydrogens is 248 g/mol. The maximum atomic E-state index is 12.0. The summed E-state index contributed by atoms with van der Waals surface area (Å²) in [5.74, 6) is 1.34. The van der Waals surface area contributed by atoms with Crippen LogP contribution in [-0.4, -0.2) is 29.2 Å². The molecule has 2 rings (SSSR count). The number of hydrogen-bond acceptors (Lipinski definition) is 5. The van der Waals surface area contributed by atoms with Gasteiger partial charge in [-0.15, -0.1) is 10.2 Å². The standard InChI is InChI=1S/C12H20N4OS/c1-7-4-5-9(6-8(7)2)14-10(17)11-15-16-12(13-3)18-11/h7-9H,4-6H2,1-3H3,(H,13,16)(H,14,17). The van der Waals surface area contributed by atoms with E-state index in [0.29, 0.717) is 16.1 Å². The highest BCUT2D eigenvalue weighted by Crippen LogP contribution is 2.29. The number of carbonyl (C=O) groups is 1. The summed E-state index contributed by atoms with van der Waals surface area (Å²) in [6.45, 7) is 4.54. The number of nitrogens with one attached hydrogen (secondary N) is 2. The van der Waals surface area contributed by atoms with Crippen LogP contribution in [0.2, 0.25) is 0 Å². The van der Waals surface area contributed by atoms with Crippen LogP contribution in [0.15, 0.2) is 0 Å². The first-order valence-electron chi connectivity index (χ1n) is 6.42. The van der Waals surface area contributed by atoms with Crippen molar-refractivity contribution >= 4 is 22.4 Å². The van der Waals surface area contributed by atoms with Gasteiger partial charge in [0, 0.05) is 13.1 Å². The smallest absolute Gasteiger partial charge is 0.282 e. The summed E-state index contributed by atoms with van der Waals surface area (Å²) in [6.07, 6.45) is 3.31. The lowest BCUT2D eigenvalue weighted by Gasteiger charge is -2.32. The van der Waals surface area contributed by atoms with Crippen molar-refractivity contribution in [1.82, 2.24) is 15.5 Å². The van der Waals surface area contributed by atoms with Gasteiger partial charge in [0.15, 0.2) is 0 Å². The SMILES string of the molecule is CNc1nnc(C(=O)NC2CCC(C)C(C)C2)s1. The average molecular weight is 268 g/mol. The van der Waals surface area contributed by atoms with E-state index in [2.05, 4.69) is 34.7 Å². The molecule has 2 N–H and O–H groups in total. The second kappa shape index (κ2) is 5.65. The molecule has 0 spiro atoms. The highest BCUT2D eigenvalue weighted by atomic mass is 32.1. The molecule has 1 aromatic heterocycles. The number of hydrogen-bond donors (Lipinski definition) is 2. The van der Waals surface area contributed by atoms with Crippen molar-refractivity contribution in [3.8, 4) is 0 Å². The van der Waals surface area contributed by atoms with Gasteiger partial charge in [-0.25, -0.2) is 0 Å². The Morgan fingerprint density at radius 3 is 2.67 bits per heavy atom. The van der Waals surface area contributed by atoms with Gasteiger partial charge in [0.2, 0.25) is 10.1 Å². The molecule has 18 heavy (non-hydrogen) atoms. The normalized spacial score (nSPS) is 27.8. The number of amides is 1. The number of aromatic nitrogens is 2. The molecule has 100 valence electrons. The number of carbonyl (C=O) groups excluding carboxylic acids is 1. The molecule has 6 heteroatoms. The topological polar surface area (TPSA) is 66.9 Å². The lowest BCUT2D eigenvalue weighted by atomic mass is 9.79. The Hall–Kier alpha value is -1.17. The van der Waals surface area contributed by atoms with E-state index in [4.69, 9.17) is 0 Å². The third kappa shape index (κ3) is 2.98. The van der Waals surface area contributed by atoms with Gasteiger partial charge in [-0.05, 0) is 31.1 Å². The summed E-state index contributed by atoms with van der Waals surface area (Å²) in [5.41, 5.74) is 0. The predicted octanol–water partition coefficient (Wildman–Crippen LogP) is 2.13. The third-order valence-corrected chi connectivity index (χ3v) is 4.71. The first-order chi connectivity index (χ1) is 8.60. The fraction of sp³-hybridized carbons (Fsp3) is 0.750. The molecule has 0 saturated heterocycles.